The Bertz CT molecular complexity index is 1100. The quantitative estimate of drug-likeness (QED) is 0.562. The Labute approximate surface area is 175 Å². The van der Waals surface area contributed by atoms with Crippen molar-refractivity contribution in [1.29, 1.82) is 0 Å². The molecule has 0 bridgehead atoms. The number of rotatable bonds is 4. The van der Waals surface area contributed by atoms with Crippen molar-refractivity contribution >= 4 is 17.2 Å². The van der Waals surface area contributed by atoms with E-state index in [1.807, 2.05) is 19.1 Å². The van der Waals surface area contributed by atoms with Crippen molar-refractivity contribution in [3.63, 3.8) is 0 Å². The van der Waals surface area contributed by atoms with Gasteiger partial charge in [-0.05, 0) is 44.2 Å². The summed E-state index contributed by atoms with van der Waals surface area (Å²) in [5, 5.41) is 2.96. The van der Waals surface area contributed by atoms with E-state index in [2.05, 4.69) is 22.1 Å². The number of amides is 1. The summed E-state index contributed by atoms with van der Waals surface area (Å²) in [5.74, 6) is 5.60. The minimum absolute atomic E-state index is 0.0393. The van der Waals surface area contributed by atoms with Gasteiger partial charge in [0.25, 0.3) is 11.1 Å². The van der Waals surface area contributed by atoms with Crippen molar-refractivity contribution in [1.82, 2.24) is 10.3 Å². The first kappa shape index (κ1) is 21.4. The molecule has 2 aromatic carbocycles. The van der Waals surface area contributed by atoms with Gasteiger partial charge in [0.2, 0.25) is 0 Å². The van der Waals surface area contributed by atoms with Gasteiger partial charge in [0.15, 0.2) is 0 Å². The van der Waals surface area contributed by atoms with Gasteiger partial charge in [0.05, 0.1) is 17.8 Å². The summed E-state index contributed by atoms with van der Waals surface area (Å²) in [6.07, 6.45) is -2.98. The maximum absolute atomic E-state index is 12.8. The Kier molecular flexibility index (Phi) is 6.43. The highest BCUT2D eigenvalue weighted by molar-refractivity contribution is 7.13. The molecular weight excluding hydrogens is 413 g/mol. The number of aryl methyl sites for hydroxylation is 1. The highest BCUT2D eigenvalue weighted by atomic mass is 32.1. The molecule has 1 atom stereocenters. The molecule has 0 spiro atoms. The topological polar surface area (TPSA) is 51.2 Å². The standard InChI is InChI=1S/C22H17F3N2O2S/c1-14-6-9-16(10-7-14)20(28)27-15(2)8-11-19-13-26-21(30-19)29-18-5-3-4-17(12-18)22(23,24)25/h3-7,9-10,12-13,15H,1-2H3,(H,27,28). The molecule has 1 N–H and O–H groups in total. The normalized spacial score (nSPS) is 11.9. The second-order valence-corrected chi connectivity index (χ2v) is 7.44. The molecule has 0 fully saturated rings. The predicted molar refractivity (Wildman–Crippen MR) is 109 cm³/mol. The average Bonchev–Trinajstić information content (AvgIpc) is 3.14. The highest BCUT2D eigenvalue weighted by Gasteiger charge is 2.30. The van der Waals surface area contributed by atoms with Gasteiger partial charge < -0.3 is 10.1 Å². The fraction of sp³-hybridized carbons (Fsp3) is 0.182. The van der Waals surface area contributed by atoms with E-state index in [4.69, 9.17) is 4.74 Å². The fourth-order valence-corrected chi connectivity index (χ4v) is 3.05. The summed E-state index contributed by atoms with van der Waals surface area (Å²) < 4.78 is 43.8. The number of thiazole rings is 1. The van der Waals surface area contributed by atoms with E-state index >= 15 is 0 Å². The summed E-state index contributed by atoms with van der Waals surface area (Å²) in [5.41, 5.74) is 0.811. The number of aromatic nitrogens is 1. The molecule has 3 rings (SSSR count). The maximum atomic E-state index is 12.8. The van der Waals surface area contributed by atoms with Crippen LogP contribution in [0.25, 0.3) is 0 Å². The monoisotopic (exact) mass is 430 g/mol. The minimum atomic E-state index is -4.45. The first-order valence-corrected chi connectivity index (χ1v) is 9.72. The molecule has 1 unspecified atom stereocenters. The van der Waals surface area contributed by atoms with Crippen molar-refractivity contribution in [3.8, 4) is 22.8 Å². The third-order valence-electron chi connectivity index (χ3n) is 3.92. The van der Waals surface area contributed by atoms with E-state index in [1.165, 1.54) is 18.3 Å². The number of hydrogen-bond donors (Lipinski definition) is 1. The van der Waals surface area contributed by atoms with Crippen molar-refractivity contribution in [3.05, 3.63) is 76.3 Å². The fourth-order valence-electron chi connectivity index (χ4n) is 2.40. The van der Waals surface area contributed by atoms with E-state index in [0.29, 0.717) is 10.4 Å². The summed E-state index contributed by atoms with van der Waals surface area (Å²) in [6.45, 7) is 3.69. The lowest BCUT2D eigenvalue weighted by molar-refractivity contribution is -0.137. The van der Waals surface area contributed by atoms with Gasteiger partial charge in [0.1, 0.15) is 10.6 Å². The first-order chi connectivity index (χ1) is 14.2. The molecule has 1 aromatic heterocycles. The maximum Gasteiger partial charge on any atom is 0.416 e. The number of ether oxygens (including phenoxy) is 1. The van der Waals surface area contributed by atoms with Gasteiger partial charge in [0, 0.05) is 5.56 Å². The van der Waals surface area contributed by atoms with Crippen LogP contribution >= 0.6 is 11.3 Å². The first-order valence-electron chi connectivity index (χ1n) is 8.91. The lowest BCUT2D eigenvalue weighted by atomic mass is 10.1. The van der Waals surface area contributed by atoms with Crippen molar-refractivity contribution < 1.29 is 22.7 Å². The zero-order chi connectivity index (χ0) is 21.7. The van der Waals surface area contributed by atoms with Crippen LogP contribution in [0.2, 0.25) is 0 Å². The van der Waals surface area contributed by atoms with E-state index in [0.717, 1.165) is 29.0 Å². The minimum Gasteiger partial charge on any atom is -0.431 e. The van der Waals surface area contributed by atoms with E-state index in [1.54, 1.807) is 19.1 Å². The van der Waals surface area contributed by atoms with Gasteiger partial charge in [-0.2, -0.15) is 13.2 Å². The molecule has 4 nitrogen and oxygen atoms in total. The van der Waals surface area contributed by atoms with Crippen LogP contribution < -0.4 is 10.1 Å². The Hall–Kier alpha value is -3.31. The van der Waals surface area contributed by atoms with Crippen LogP contribution in [0.3, 0.4) is 0 Å². The highest BCUT2D eigenvalue weighted by Crippen LogP contribution is 2.33. The molecule has 3 aromatic rings. The van der Waals surface area contributed by atoms with E-state index in [-0.39, 0.29) is 16.9 Å². The Morgan fingerprint density at radius 2 is 1.93 bits per heavy atom. The average molecular weight is 430 g/mol. The van der Waals surface area contributed by atoms with Crippen LogP contribution in [0.15, 0.2) is 54.7 Å². The summed E-state index contributed by atoms with van der Waals surface area (Å²) in [6, 6.07) is 11.4. The molecule has 0 saturated heterocycles. The number of hydrogen-bond acceptors (Lipinski definition) is 4. The third kappa shape index (κ3) is 5.84. The van der Waals surface area contributed by atoms with Gasteiger partial charge in [-0.15, -0.1) is 0 Å². The molecule has 8 heteroatoms. The predicted octanol–water partition coefficient (Wildman–Crippen LogP) is 5.43. The van der Waals surface area contributed by atoms with Crippen molar-refractivity contribution in [2.75, 3.05) is 0 Å². The second-order valence-electron chi connectivity index (χ2n) is 6.45. The van der Waals surface area contributed by atoms with Gasteiger partial charge >= 0.3 is 6.18 Å². The molecule has 0 radical (unpaired) electrons. The molecular formula is C22H17F3N2O2S. The van der Waals surface area contributed by atoms with Gasteiger partial charge in [-0.3, -0.25) is 4.79 Å². The summed E-state index contributed by atoms with van der Waals surface area (Å²) in [4.78, 5) is 16.8. The van der Waals surface area contributed by atoms with Crippen LogP contribution in [0.4, 0.5) is 13.2 Å². The summed E-state index contributed by atoms with van der Waals surface area (Å²) in [7, 11) is 0. The number of nitrogens with one attached hydrogen (secondary N) is 1. The van der Waals surface area contributed by atoms with Gasteiger partial charge in [-0.1, -0.05) is 46.9 Å². The molecule has 0 aliphatic rings. The number of carbonyl (C=O) groups is 1. The number of halogens is 3. The SMILES string of the molecule is Cc1ccc(C(=O)NC(C)C#Cc2cnc(Oc3cccc(C(F)(F)F)c3)s2)cc1. The molecule has 1 amide bonds. The summed E-state index contributed by atoms with van der Waals surface area (Å²) >= 11 is 1.10. The molecule has 30 heavy (non-hydrogen) atoms. The molecule has 154 valence electrons. The van der Waals surface area contributed by atoms with Crippen LogP contribution in [-0.2, 0) is 6.18 Å². The Balaban J connectivity index is 1.61. The molecule has 1 heterocycles. The van der Waals surface area contributed by atoms with Crippen LogP contribution in [0.5, 0.6) is 10.9 Å². The number of benzene rings is 2. The van der Waals surface area contributed by atoms with Gasteiger partial charge in [-0.25, -0.2) is 4.98 Å². The zero-order valence-electron chi connectivity index (χ0n) is 16.1. The molecule has 0 saturated carbocycles. The Morgan fingerprint density at radius 1 is 1.20 bits per heavy atom. The number of carbonyl (C=O) groups excluding carboxylic acids is 1. The Morgan fingerprint density at radius 3 is 2.63 bits per heavy atom. The zero-order valence-corrected chi connectivity index (χ0v) is 16.9. The van der Waals surface area contributed by atoms with E-state index in [9.17, 15) is 18.0 Å². The van der Waals surface area contributed by atoms with E-state index < -0.39 is 17.8 Å². The third-order valence-corrected chi connectivity index (χ3v) is 4.71. The van der Waals surface area contributed by atoms with Crippen LogP contribution in [0, 0.1) is 18.8 Å². The largest absolute Gasteiger partial charge is 0.431 e. The van der Waals surface area contributed by atoms with Crippen molar-refractivity contribution in [2.24, 2.45) is 0 Å². The smallest absolute Gasteiger partial charge is 0.416 e. The van der Waals surface area contributed by atoms with Crippen LogP contribution in [0.1, 0.15) is 33.3 Å². The second kappa shape index (κ2) is 9.01. The number of alkyl halides is 3. The molecule has 0 aliphatic carbocycles. The lowest BCUT2D eigenvalue weighted by Gasteiger charge is -2.08. The number of nitrogens with zero attached hydrogens (tertiary/aromatic N) is 1. The molecule has 0 aliphatic heterocycles. The van der Waals surface area contributed by atoms with Crippen molar-refractivity contribution in [2.45, 2.75) is 26.1 Å². The lowest BCUT2D eigenvalue weighted by Crippen LogP contribution is -2.31. The van der Waals surface area contributed by atoms with Crippen LogP contribution in [-0.4, -0.2) is 16.9 Å².